The molecule has 0 fully saturated rings. The zero-order valence-electron chi connectivity index (χ0n) is 24.2. The third-order valence-corrected chi connectivity index (χ3v) is 6.87. The van der Waals surface area contributed by atoms with Crippen molar-refractivity contribution in [1.82, 2.24) is 0 Å². The van der Waals surface area contributed by atoms with Crippen molar-refractivity contribution in [2.75, 3.05) is 33.5 Å². The van der Waals surface area contributed by atoms with Crippen molar-refractivity contribution in [2.24, 2.45) is 10.8 Å². The number of ketones is 1. The SMILES string of the molecule is CCOC(=O)C1(C(=O)OCC)CC(C(C)=O)=C(/C(C)=C/c2ccc(OC)cc2)CC1(C(=O)OCC)C(=O)OCC. The molecule has 1 aromatic rings. The van der Waals surface area contributed by atoms with Crippen LogP contribution in [0, 0.1) is 10.8 Å². The summed E-state index contributed by atoms with van der Waals surface area (Å²) in [7, 11) is 1.55. The van der Waals surface area contributed by atoms with Crippen LogP contribution in [0.1, 0.15) is 59.9 Å². The third kappa shape index (κ3) is 5.95. The molecule has 0 atom stereocenters. The number of carbonyl (C=O) groups is 5. The molecule has 10 nitrogen and oxygen atoms in total. The van der Waals surface area contributed by atoms with Gasteiger partial charge in [-0.3, -0.25) is 24.0 Å². The lowest BCUT2D eigenvalue weighted by Crippen LogP contribution is -2.64. The Morgan fingerprint density at radius 2 is 1.05 bits per heavy atom. The Morgan fingerprint density at radius 1 is 0.675 bits per heavy atom. The van der Waals surface area contributed by atoms with Gasteiger partial charge in [0.05, 0.1) is 33.5 Å². The molecule has 1 aromatic carbocycles. The molecule has 40 heavy (non-hydrogen) atoms. The normalized spacial score (nSPS) is 16.0. The molecular weight excluding hydrogens is 520 g/mol. The quantitative estimate of drug-likeness (QED) is 0.211. The molecule has 0 unspecified atom stereocenters. The number of esters is 4. The molecule has 0 bridgehead atoms. The second kappa shape index (κ2) is 13.9. The Kier molecular flexibility index (Phi) is 11.2. The smallest absolute Gasteiger partial charge is 0.325 e. The van der Waals surface area contributed by atoms with Crippen molar-refractivity contribution in [3.05, 3.63) is 46.5 Å². The topological polar surface area (TPSA) is 132 Å². The summed E-state index contributed by atoms with van der Waals surface area (Å²) in [6.07, 6.45) is 0.608. The Bertz CT molecular complexity index is 1150. The Morgan fingerprint density at radius 3 is 1.38 bits per heavy atom. The molecule has 2 rings (SSSR count). The molecule has 0 aromatic heterocycles. The average molecular weight is 559 g/mol. The van der Waals surface area contributed by atoms with E-state index in [9.17, 15) is 24.0 Å². The van der Waals surface area contributed by atoms with Crippen molar-refractivity contribution in [1.29, 1.82) is 0 Å². The van der Waals surface area contributed by atoms with E-state index in [1.165, 1.54) is 34.6 Å². The molecule has 0 spiro atoms. The zero-order chi connectivity index (χ0) is 30.1. The van der Waals surface area contributed by atoms with Gasteiger partial charge in [0.25, 0.3) is 0 Å². The van der Waals surface area contributed by atoms with Crippen LogP contribution in [0.15, 0.2) is 41.0 Å². The number of allylic oxidation sites excluding steroid dienone is 3. The van der Waals surface area contributed by atoms with Gasteiger partial charge in [0.15, 0.2) is 16.6 Å². The fourth-order valence-electron chi connectivity index (χ4n) is 4.97. The minimum absolute atomic E-state index is 0.0904. The van der Waals surface area contributed by atoms with Gasteiger partial charge in [-0.15, -0.1) is 0 Å². The van der Waals surface area contributed by atoms with Crippen molar-refractivity contribution < 1.29 is 47.7 Å². The monoisotopic (exact) mass is 558 g/mol. The number of carbonyl (C=O) groups excluding carboxylic acids is 5. The van der Waals surface area contributed by atoms with Crippen molar-refractivity contribution in [3.8, 4) is 5.75 Å². The molecular formula is C30H38O10. The first kappa shape index (κ1) is 32.3. The number of ether oxygens (including phenoxy) is 5. The first-order valence-corrected chi connectivity index (χ1v) is 13.2. The van der Waals surface area contributed by atoms with Crippen LogP contribution in [0.25, 0.3) is 6.08 Å². The third-order valence-electron chi connectivity index (χ3n) is 6.87. The number of benzene rings is 1. The van der Waals surface area contributed by atoms with Crippen LogP contribution in [0.3, 0.4) is 0 Å². The van der Waals surface area contributed by atoms with Gasteiger partial charge in [-0.05, 0) is 70.4 Å². The summed E-state index contributed by atoms with van der Waals surface area (Å²) in [5.74, 6) is -4.45. The summed E-state index contributed by atoms with van der Waals surface area (Å²) in [6.45, 7) is 8.47. The maximum atomic E-state index is 13.9. The fraction of sp³-hybridized carbons (Fsp3) is 0.500. The predicted octanol–water partition coefficient (Wildman–Crippen LogP) is 4.00. The van der Waals surface area contributed by atoms with Crippen LogP contribution in [-0.4, -0.2) is 63.2 Å². The van der Waals surface area contributed by atoms with Crippen LogP contribution in [0.5, 0.6) is 5.75 Å². The van der Waals surface area contributed by atoms with Crippen molar-refractivity contribution in [3.63, 3.8) is 0 Å². The zero-order valence-corrected chi connectivity index (χ0v) is 24.2. The van der Waals surface area contributed by atoms with Gasteiger partial charge in [0, 0.05) is 18.4 Å². The maximum absolute atomic E-state index is 13.9. The first-order valence-electron chi connectivity index (χ1n) is 13.2. The lowest BCUT2D eigenvalue weighted by Gasteiger charge is -2.46. The van der Waals surface area contributed by atoms with E-state index in [0.717, 1.165) is 5.56 Å². The van der Waals surface area contributed by atoms with Crippen LogP contribution in [0.4, 0.5) is 0 Å². The lowest BCUT2D eigenvalue weighted by molar-refractivity contribution is -0.204. The summed E-state index contributed by atoms with van der Waals surface area (Å²) in [5.41, 5.74) is -3.40. The maximum Gasteiger partial charge on any atom is 0.325 e. The molecule has 0 saturated heterocycles. The van der Waals surface area contributed by atoms with E-state index in [4.69, 9.17) is 23.7 Å². The molecule has 1 aliphatic rings. The van der Waals surface area contributed by atoms with E-state index in [-0.39, 0.29) is 32.0 Å². The van der Waals surface area contributed by atoms with E-state index >= 15 is 0 Å². The standard InChI is InChI=1S/C30H38O10/c1-8-37-25(32)29(26(33)38-9-2)17-23(19(5)16-21-12-14-22(36-7)15-13-21)24(20(6)31)18-30(29,27(34)39-10-3)28(35)40-11-4/h12-16H,8-11,17-18H2,1-7H3/b19-16+. The molecule has 10 heteroatoms. The van der Waals surface area contributed by atoms with Crippen LogP contribution in [0.2, 0.25) is 0 Å². The van der Waals surface area contributed by atoms with Gasteiger partial charge < -0.3 is 23.7 Å². The molecule has 0 radical (unpaired) electrons. The van der Waals surface area contributed by atoms with E-state index in [0.29, 0.717) is 16.9 Å². The second-order valence-corrected chi connectivity index (χ2v) is 9.16. The fourth-order valence-corrected chi connectivity index (χ4v) is 4.97. The highest BCUT2D eigenvalue weighted by Gasteiger charge is 2.75. The van der Waals surface area contributed by atoms with E-state index in [1.54, 1.807) is 44.4 Å². The minimum Gasteiger partial charge on any atom is -0.497 e. The number of rotatable bonds is 12. The Hall–Kier alpha value is -3.95. The van der Waals surface area contributed by atoms with E-state index in [2.05, 4.69) is 0 Å². The molecule has 1 aliphatic carbocycles. The summed E-state index contributed by atoms with van der Waals surface area (Å²) < 4.78 is 26.5. The highest BCUT2D eigenvalue weighted by atomic mass is 16.6. The average Bonchev–Trinajstić information content (AvgIpc) is 2.92. The Labute approximate surface area is 234 Å². The highest BCUT2D eigenvalue weighted by molar-refractivity contribution is 6.17. The lowest BCUT2D eigenvalue weighted by atomic mass is 9.53. The second-order valence-electron chi connectivity index (χ2n) is 9.16. The summed E-state index contributed by atoms with van der Waals surface area (Å²) in [4.78, 5) is 68.3. The number of methoxy groups -OCH3 is 1. The largest absolute Gasteiger partial charge is 0.497 e. The molecule has 218 valence electrons. The molecule has 0 amide bonds. The van der Waals surface area contributed by atoms with E-state index in [1.807, 2.05) is 0 Å². The van der Waals surface area contributed by atoms with Crippen molar-refractivity contribution >= 4 is 35.7 Å². The highest BCUT2D eigenvalue weighted by Crippen LogP contribution is 2.57. The Balaban J connectivity index is 3.02. The molecule has 0 N–H and O–H groups in total. The number of hydrogen-bond acceptors (Lipinski definition) is 10. The van der Waals surface area contributed by atoms with Gasteiger partial charge in [-0.1, -0.05) is 18.2 Å². The molecule has 0 saturated carbocycles. The van der Waals surface area contributed by atoms with Gasteiger partial charge in [0.1, 0.15) is 5.75 Å². The van der Waals surface area contributed by atoms with E-state index < -0.39 is 53.3 Å². The van der Waals surface area contributed by atoms with Crippen LogP contribution in [-0.2, 0) is 42.9 Å². The number of Topliss-reactive ketones (excluding diaryl/α,β-unsaturated/α-hetero) is 1. The van der Waals surface area contributed by atoms with Gasteiger partial charge >= 0.3 is 23.9 Å². The minimum atomic E-state index is -2.57. The van der Waals surface area contributed by atoms with Crippen LogP contribution >= 0.6 is 0 Å². The van der Waals surface area contributed by atoms with Gasteiger partial charge in [-0.25, -0.2) is 0 Å². The first-order chi connectivity index (χ1) is 19.0. The van der Waals surface area contributed by atoms with Crippen molar-refractivity contribution in [2.45, 2.75) is 54.4 Å². The summed E-state index contributed by atoms with van der Waals surface area (Å²) in [5, 5.41) is 0. The van der Waals surface area contributed by atoms with Gasteiger partial charge in [0.2, 0.25) is 0 Å². The molecule has 0 heterocycles. The van der Waals surface area contributed by atoms with Crippen LogP contribution < -0.4 is 4.74 Å². The predicted molar refractivity (Wildman–Crippen MR) is 145 cm³/mol. The summed E-state index contributed by atoms with van der Waals surface area (Å²) in [6, 6.07) is 7.11. The summed E-state index contributed by atoms with van der Waals surface area (Å²) >= 11 is 0. The number of hydrogen-bond donors (Lipinski definition) is 0. The molecule has 0 aliphatic heterocycles. The van der Waals surface area contributed by atoms with Gasteiger partial charge in [-0.2, -0.15) is 0 Å².